The molecule has 0 bridgehead atoms. The molecule has 0 aliphatic carbocycles. The van der Waals surface area contributed by atoms with Crippen LogP contribution in [0.15, 0.2) is 58.1 Å². The zero-order chi connectivity index (χ0) is 20.8. The SMILES string of the molecule is CC(C)c1ccc(OCCNC(=O)CCn2c(=O)[nH]c(=O)c3ccccc32)cc1. The van der Waals surface area contributed by atoms with Gasteiger partial charge >= 0.3 is 5.69 Å². The van der Waals surface area contributed by atoms with E-state index in [1.54, 1.807) is 24.3 Å². The minimum absolute atomic E-state index is 0.124. The van der Waals surface area contributed by atoms with Crippen molar-refractivity contribution in [1.82, 2.24) is 14.9 Å². The summed E-state index contributed by atoms with van der Waals surface area (Å²) in [5.41, 5.74) is 0.817. The Hall–Kier alpha value is -3.35. The van der Waals surface area contributed by atoms with E-state index in [4.69, 9.17) is 4.74 Å². The molecule has 0 spiro atoms. The summed E-state index contributed by atoms with van der Waals surface area (Å²) < 4.78 is 7.04. The van der Waals surface area contributed by atoms with Crippen LogP contribution < -0.4 is 21.3 Å². The van der Waals surface area contributed by atoms with Crippen LogP contribution >= 0.6 is 0 Å². The van der Waals surface area contributed by atoms with Crippen molar-refractivity contribution in [2.24, 2.45) is 0 Å². The van der Waals surface area contributed by atoms with Crippen molar-refractivity contribution in [1.29, 1.82) is 0 Å². The normalized spacial score (nSPS) is 11.0. The van der Waals surface area contributed by atoms with Gasteiger partial charge in [-0.2, -0.15) is 0 Å². The van der Waals surface area contributed by atoms with Gasteiger partial charge in [-0.05, 0) is 35.7 Å². The second-order valence-corrected chi connectivity index (χ2v) is 7.10. The fraction of sp³-hybridized carbons (Fsp3) is 0.318. The molecule has 0 atom stereocenters. The maximum atomic E-state index is 12.1. The van der Waals surface area contributed by atoms with E-state index in [1.165, 1.54) is 10.1 Å². The number of carbonyl (C=O) groups is 1. The molecule has 29 heavy (non-hydrogen) atoms. The van der Waals surface area contributed by atoms with Crippen molar-refractivity contribution >= 4 is 16.8 Å². The molecule has 1 aromatic heterocycles. The Kier molecular flexibility index (Phi) is 6.49. The number of hydrogen-bond donors (Lipinski definition) is 2. The molecule has 7 heteroatoms. The highest BCUT2D eigenvalue weighted by Crippen LogP contribution is 2.18. The molecular formula is C22H25N3O4. The lowest BCUT2D eigenvalue weighted by Gasteiger charge is -2.11. The highest BCUT2D eigenvalue weighted by Gasteiger charge is 2.09. The van der Waals surface area contributed by atoms with E-state index < -0.39 is 11.2 Å². The van der Waals surface area contributed by atoms with Crippen molar-refractivity contribution in [2.45, 2.75) is 32.7 Å². The van der Waals surface area contributed by atoms with Crippen LogP contribution in [0.3, 0.4) is 0 Å². The molecule has 0 saturated carbocycles. The number of para-hydroxylation sites is 1. The van der Waals surface area contributed by atoms with Gasteiger partial charge in [0, 0.05) is 13.0 Å². The number of hydrogen-bond acceptors (Lipinski definition) is 4. The van der Waals surface area contributed by atoms with E-state index in [9.17, 15) is 14.4 Å². The number of H-pyrrole nitrogens is 1. The molecule has 152 valence electrons. The molecule has 0 fully saturated rings. The van der Waals surface area contributed by atoms with Crippen LogP contribution in [0.2, 0.25) is 0 Å². The van der Waals surface area contributed by atoms with Gasteiger partial charge in [-0.3, -0.25) is 19.1 Å². The Morgan fingerprint density at radius 1 is 1.10 bits per heavy atom. The average molecular weight is 395 g/mol. The number of fused-ring (bicyclic) bond motifs is 1. The number of amides is 1. The third-order valence-corrected chi connectivity index (χ3v) is 4.71. The van der Waals surface area contributed by atoms with E-state index >= 15 is 0 Å². The van der Waals surface area contributed by atoms with Gasteiger partial charge in [0.05, 0.1) is 17.4 Å². The van der Waals surface area contributed by atoms with Crippen molar-refractivity contribution in [3.8, 4) is 5.75 Å². The van der Waals surface area contributed by atoms with Gasteiger partial charge in [0.2, 0.25) is 5.91 Å². The molecule has 3 rings (SSSR count). The number of aromatic nitrogens is 2. The largest absolute Gasteiger partial charge is 0.492 e. The molecule has 1 heterocycles. The smallest absolute Gasteiger partial charge is 0.328 e. The number of carbonyl (C=O) groups excluding carboxylic acids is 1. The Morgan fingerprint density at radius 2 is 1.83 bits per heavy atom. The maximum absolute atomic E-state index is 12.1. The quantitative estimate of drug-likeness (QED) is 0.573. The predicted octanol–water partition coefficient (Wildman–Crippen LogP) is 2.40. The third kappa shape index (κ3) is 5.13. The van der Waals surface area contributed by atoms with Gasteiger partial charge in [-0.1, -0.05) is 38.1 Å². The molecule has 0 saturated heterocycles. The minimum Gasteiger partial charge on any atom is -0.492 e. The Morgan fingerprint density at radius 3 is 2.55 bits per heavy atom. The Bertz CT molecular complexity index is 1100. The molecule has 0 aliphatic rings. The summed E-state index contributed by atoms with van der Waals surface area (Å²) in [5, 5.41) is 3.20. The fourth-order valence-electron chi connectivity index (χ4n) is 3.07. The van der Waals surface area contributed by atoms with Crippen LogP contribution in [0.25, 0.3) is 10.9 Å². The van der Waals surface area contributed by atoms with Gasteiger partial charge in [-0.25, -0.2) is 4.79 Å². The van der Waals surface area contributed by atoms with Crippen LogP contribution in [0.1, 0.15) is 31.7 Å². The molecule has 0 radical (unpaired) electrons. The first-order valence-corrected chi connectivity index (χ1v) is 9.67. The van der Waals surface area contributed by atoms with Gasteiger partial charge in [0.25, 0.3) is 5.56 Å². The summed E-state index contributed by atoms with van der Waals surface area (Å²) in [7, 11) is 0. The average Bonchev–Trinajstić information content (AvgIpc) is 2.71. The minimum atomic E-state index is -0.519. The van der Waals surface area contributed by atoms with E-state index in [0.717, 1.165) is 5.75 Å². The van der Waals surface area contributed by atoms with Crippen molar-refractivity contribution in [2.75, 3.05) is 13.2 Å². The lowest BCUT2D eigenvalue weighted by Crippen LogP contribution is -2.33. The van der Waals surface area contributed by atoms with E-state index in [-0.39, 0.29) is 18.9 Å². The molecule has 1 amide bonds. The lowest BCUT2D eigenvalue weighted by atomic mass is 10.0. The third-order valence-electron chi connectivity index (χ3n) is 4.71. The van der Waals surface area contributed by atoms with E-state index in [1.807, 2.05) is 24.3 Å². The number of ether oxygens (including phenoxy) is 1. The van der Waals surface area contributed by atoms with Gasteiger partial charge in [0.15, 0.2) is 0 Å². The topological polar surface area (TPSA) is 93.2 Å². The van der Waals surface area contributed by atoms with Crippen LogP contribution in [-0.4, -0.2) is 28.6 Å². The van der Waals surface area contributed by atoms with E-state index in [2.05, 4.69) is 24.1 Å². The second kappa shape index (κ2) is 9.23. The molecule has 0 aliphatic heterocycles. The number of nitrogens with one attached hydrogen (secondary N) is 2. The number of aryl methyl sites for hydroxylation is 1. The zero-order valence-corrected chi connectivity index (χ0v) is 16.6. The van der Waals surface area contributed by atoms with Crippen LogP contribution in [0.5, 0.6) is 5.75 Å². The summed E-state index contributed by atoms with van der Waals surface area (Å²) in [4.78, 5) is 38.4. The molecule has 3 aromatic rings. The number of aromatic amines is 1. The zero-order valence-electron chi connectivity index (χ0n) is 16.6. The lowest BCUT2D eigenvalue weighted by molar-refractivity contribution is -0.121. The number of nitrogens with zero attached hydrogens (tertiary/aromatic N) is 1. The van der Waals surface area contributed by atoms with Crippen LogP contribution in [0.4, 0.5) is 0 Å². The number of benzene rings is 2. The molecule has 2 aromatic carbocycles. The second-order valence-electron chi connectivity index (χ2n) is 7.10. The molecular weight excluding hydrogens is 370 g/mol. The van der Waals surface area contributed by atoms with Crippen molar-refractivity contribution in [3.63, 3.8) is 0 Å². The first-order valence-electron chi connectivity index (χ1n) is 9.67. The van der Waals surface area contributed by atoms with E-state index in [0.29, 0.717) is 30.0 Å². The fourth-order valence-corrected chi connectivity index (χ4v) is 3.07. The van der Waals surface area contributed by atoms with Crippen LogP contribution in [0, 0.1) is 0 Å². The monoisotopic (exact) mass is 395 g/mol. The Labute approximate surface area is 168 Å². The maximum Gasteiger partial charge on any atom is 0.328 e. The van der Waals surface area contributed by atoms with Crippen molar-refractivity contribution in [3.05, 3.63) is 74.9 Å². The molecule has 0 unspecified atom stereocenters. The van der Waals surface area contributed by atoms with Gasteiger partial charge < -0.3 is 10.1 Å². The van der Waals surface area contributed by atoms with Gasteiger partial charge in [-0.15, -0.1) is 0 Å². The summed E-state index contributed by atoms with van der Waals surface area (Å²) in [6, 6.07) is 14.7. The highest BCUT2D eigenvalue weighted by molar-refractivity contribution is 5.78. The summed E-state index contributed by atoms with van der Waals surface area (Å²) in [5.74, 6) is 1.04. The highest BCUT2D eigenvalue weighted by atomic mass is 16.5. The Balaban J connectivity index is 1.49. The predicted molar refractivity (Wildman–Crippen MR) is 112 cm³/mol. The first kappa shape index (κ1) is 20.4. The van der Waals surface area contributed by atoms with Crippen molar-refractivity contribution < 1.29 is 9.53 Å². The summed E-state index contributed by atoms with van der Waals surface area (Å²) >= 11 is 0. The number of rotatable bonds is 8. The first-order chi connectivity index (χ1) is 14.0. The summed E-state index contributed by atoms with van der Waals surface area (Å²) in [6.07, 6.45) is 0.124. The molecule has 2 N–H and O–H groups in total. The standard InChI is InChI=1S/C22H25N3O4/c1-15(2)16-7-9-17(10-8-16)29-14-12-23-20(26)11-13-25-19-6-4-3-5-18(19)21(27)24-22(25)28/h3-10,15H,11-14H2,1-2H3,(H,23,26)(H,24,27,28). The summed E-state index contributed by atoms with van der Waals surface area (Å²) in [6.45, 7) is 5.17. The van der Waals surface area contributed by atoms with Gasteiger partial charge in [0.1, 0.15) is 12.4 Å². The molecule has 7 nitrogen and oxygen atoms in total. The van der Waals surface area contributed by atoms with Crippen LogP contribution in [-0.2, 0) is 11.3 Å².